The fourth-order valence-corrected chi connectivity index (χ4v) is 4.42. The second-order valence-electron chi connectivity index (χ2n) is 8.03. The molecule has 2 aromatic carbocycles. The summed E-state index contributed by atoms with van der Waals surface area (Å²) in [7, 11) is -2.88. The van der Waals surface area contributed by atoms with Gasteiger partial charge in [0.25, 0.3) is 12.3 Å². The monoisotopic (exact) mass is 525 g/mol. The highest BCUT2D eigenvalue weighted by Gasteiger charge is 2.41. The van der Waals surface area contributed by atoms with Crippen molar-refractivity contribution in [2.24, 2.45) is 0 Å². The highest BCUT2D eigenvalue weighted by molar-refractivity contribution is 7.90. The van der Waals surface area contributed by atoms with Gasteiger partial charge in [0, 0.05) is 25.3 Å². The van der Waals surface area contributed by atoms with Gasteiger partial charge in [-0.05, 0) is 30.7 Å². The number of halogens is 6. The Kier molecular flexibility index (Phi) is 7.30. The number of alkyl halides is 5. The number of likely N-dealkylation sites (tertiary alicyclic amines) is 1. The number of benzene rings is 2. The van der Waals surface area contributed by atoms with Crippen LogP contribution in [-0.2, 0) is 9.84 Å². The molecule has 1 saturated heterocycles. The molecule has 0 unspecified atom stereocenters. The van der Waals surface area contributed by atoms with Gasteiger partial charge in [-0.3, -0.25) is 4.79 Å². The van der Waals surface area contributed by atoms with E-state index in [0.717, 1.165) is 44.6 Å². The summed E-state index contributed by atoms with van der Waals surface area (Å²) in [4.78, 5) is 14.0. The van der Waals surface area contributed by atoms with Gasteiger partial charge < -0.3 is 14.4 Å². The number of sulfone groups is 1. The second-order valence-corrected chi connectivity index (χ2v) is 10.0. The summed E-state index contributed by atoms with van der Waals surface area (Å²) in [6.07, 6.45) is -9.23. The van der Waals surface area contributed by atoms with E-state index in [1.807, 2.05) is 0 Å². The van der Waals surface area contributed by atoms with Crippen molar-refractivity contribution in [1.82, 2.24) is 4.90 Å². The van der Waals surface area contributed by atoms with Crippen molar-refractivity contribution < 1.29 is 49.0 Å². The third-order valence-electron chi connectivity index (χ3n) is 5.57. The summed E-state index contributed by atoms with van der Waals surface area (Å²) in [5.74, 6) is -3.39. The number of hydrogen-bond acceptors (Lipinski definition) is 5. The van der Waals surface area contributed by atoms with Crippen molar-refractivity contribution in [3.8, 4) is 11.5 Å². The first-order valence-corrected chi connectivity index (χ1v) is 12.1. The highest BCUT2D eigenvalue weighted by Crippen LogP contribution is 2.40. The molecule has 1 atom stereocenters. The van der Waals surface area contributed by atoms with Crippen LogP contribution in [0, 0.1) is 5.82 Å². The minimum absolute atomic E-state index is 0.0210. The van der Waals surface area contributed by atoms with Gasteiger partial charge in [0.15, 0.2) is 21.7 Å². The van der Waals surface area contributed by atoms with Crippen LogP contribution < -0.4 is 9.47 Å². The number of nitrogens with zero attached hydrogens (tertiary/aromatic N) is 1. The number of methoxy groups -OCH3 is 1. The first-order valence-electron chi connectivity index (χ1n) is 10.2. The molecule has 2 aromatic rings. The zero-order valence-electron chi connectivity index (χ0n) is 18.7. The van der Waals surface area contributed by atoms with Gasteiger partial charge in [-0.2, -0.15) is 13.2 Å². The molecule has 0 aliphatic carbocycles. The van der Waals surface area contributed by atoms with Gasteiger partial charge >= 0.3 is 6.18 Å². The van der Waals surface area contributed by atoms with Crippen LogP contribution in [0.2, 0.25) is 0 Å². The summed E-state index contributed by atoms with van der Waals surface area (Å²) in [6.45, 7) is 0.683. The first-order chi connectivity index (χ1) is 16.1. The van der Waals surface area contributed by atoms with E-state index in [0.29, 0.717) is 5.56 Å². The second kappa shape index (κ2) is 9.59. The maximum absolute atomic E-state index is 13.9. The van der Waals surface area contributed by atoms with Crippen LogP contribution in [-0.4, -0.2) is 58.0 Å². The summed E-state index contributed by atoms with van der Waals surface area (Å²) >= 11 is 0. The van der Waals surface area contributed by atoms with E-state index in [1.165, 1.54) is 11.0 Å². The fraction of sp³-hybridized carbons (Fsp3) is 0.409. The molecule has 3 rings (SSSR count). The first kappa shape index (κ1) is 26.6. The predicted octanol–water partition coefficient (Wildman–Crippen LogP) is 4.74. The van der Waals surface area contributed by atoms with Crippen LogP contribution in [0.15, 0.2) is 35.2 Å². The van der Waals surface area contributed by atoms with Crippen LogP contribution in [0.5, 0.6) is 11.5 Å². The lowest BCUT2D eigenvalue weighted by Gasteiger charge is -2.40. The summed E-state index contributed by atoms with van der Waals surface area (Å²) in [6, 6.07) is 5.13. The fourth-order valence-electron chi connectivity index (χ4n) is 3.59. The lowest BCUT2D eigenvalue weighted by Crippen LogP contribution is -2.48. The molecule has 0 saturated carbocycles. The van der Waals surface area contributed by atoms with E-state index in [-0.39, 0.29) is 13.1 Å². The van der Waals surface area contributed by atoms with Gasteiger partial charge in [-0.15, -0.1) is 0 Å². The predicted molar refractivity (Wildman–Crippen MR) is 112 cm³/mol. The third-order valence-corrected chi connectivity index (χ3v) is 6.69. The Morgan fingerprint density at radius 1 is 1.14 bits per heavy atom. The average Bonchev–Trinajstić information content (AvgIpc) is 2.70. The molecule has 6 nitrogen and oxygen atoms in total. The SMILES string of the molecule is COc1c(S(C)(=O)=O)ccc(O[C@@H](C)C(F)(F)F)c1C(=O)N1CC(c2ccc(C(F)F)c(F)c2)C1. The maximum Gasteiger partial charge on any atom is 0.425 e. The largest absolute Gasteiger partial charge is 0.494 e. The lowest BCUT2D eigenvalue weighted by molar-refractivity contribution is -0.189. The molecule has 1 fully saturated rings. The number of carbonyl (C=O) groups excluding carboxylic acids is 1. The van der Waals surface area contributed by atoms with Gasteiger partial charge in [0.05, 0.1) is 12.7 Å². The number of rotatable bonds is 7. The number of carbonyl (C=O) groups is 1. The topological polar surface area (TPSA) is 72.9 Å². The summed E-state index contributed by atoms with van der Waals surface area (Å²) < 4.78 is 113. The highest BCUT2D eigenvalue weighted by atomic mass is 32.2. The van der Waals surface area contributed by atoms with E-state index in [9.17, 15) is 39.6 Å². The Bertz CT molecular complexity index is 1230. The zero-order valence-corrected chi connectivity index (χ0v) is 19.5. The normalized spacial score (nSPS) is 15.7. The van der Waals surface area contributed by atoms with E-state index in [4.69, 9.17) is 9.47 Å². The Labute approximate surface area is 197 Å². The van der Waals surface area contributed by atoms with Crippen molar-refractivity contribution in [1.29, 1.82) is 0 Å². The molecule has 0 aromatic heterocycles. The Morgan fingerprint density at radius 2 is 1.77 bits per heavy atom. The Balaban J connectivity index is 1.94. The number of hydrogen-bond donors (Lipinski definition) is 0. The minimum Gasteiger partial charge on any atom is -0.494 e. The van der Waals surface area contributed by atoms with Crippen LogP contribution >= 0.6 is 0 Å². The number of amides is 1. The Morgan fingerprint density at radius 3 is 2.26 bits per heavy atom. The smallest absolute Gasteiger partial charge is 0.425 e. The number of ether oxygens (including phenoxy) is 2. The molecule has 1 aliphatic rings. The molecule has 35 heavy (non-hydrogen) atoms. The quantitative estimate of drug-likeness (QED) is 0.489. The zero-order chi connectivity index (χ0) is 26.3. The van der Waals surface area contributed by atoms with Gasteiger partial charge in [0.1, 0.15) is 22.0 Å². The molecule has 1 heterocycles. The molecule has 0 bridgehead atoms. The molecule has 192 valence electrons. The van der Waals surface area contributed by atoms with Crippen molar-refractivity contribution in [2.45, 2.75) is 36.4 Å². The molecule has 1 aliphatic heterocycles. The lowest BCUT2D eigenvalue weighted by atomic mass is 9.90. The van der Waals surface area contributed by atoms with Crippen LogP contribution in [0.4, 0.5) is 26.3 Å². The minimum atomic E-state index is -4.76. The molecule has 0 spiro atoms. The van der Waals surface area contributed by atoms with Crippen molar-refractivity contribution in [3.63, 3.8) is 0 Å². The van der Waals surface area contributed by atoms with Gasteiger partial charge in [-0.25, -0.2) is 21.6 Å². The standard InChI is InChI=1S/C22H21F6NO5S/c1-11(22(26,27)28)34-16-6-7-17(35(3,31)32)19(33-2)18(16)21(30)29-9-13(10-29)12-4-5-14(20(24)25)15(23)8-12/h4-8,11,13,20H,9-10H2,1-3H3/t11-/m0/s1. The van der Waals surface area contributed by atoms with Crippen molar-refractivity contribution in [2.75, 3.05) is 26.5 Å². The van der Waals surface area contributed by atoms with Gasteiger partial charge in [-0.1, -0.05) is 12.1 Å². The molecular formula is C22H21F6NO5S. The van der Waals surface area contributed by atoms with Gasteiger partial charge in [0.2, 0.25) is 0 Å². The average molecular weight is 525 g/mol. The molecule has 13 heteroatoms. The summed E-state index contributed by atoms with van der Waals surface area (Å²) in [5.41, 5.74) is -0.914. The molecule has 0 radical (unpaired) electrons. The van der Waals surface area contributed by atoms with Crippen LogP contribution in [0.1, 0.15) is 40.8 Å². The van der Waals surface area contributed by atoms with E-state index in [2.05, 4.69) is 0 Å². The van der Waals surface area contributed by atoms with Crippen LogP contribution in [0.25, 0.3) is 0 Å². The van der Waals surface area contributed by atoms with Crippen molar-refractivity contribution in [3.05, 3.63) is 52.8 Å². The van der Waals surface area contributed by atoms with Crippen molar-refractivity contribution >= 4 is 15.7 Å². The molecule has 0 N–H and O–H groups in total. The molecule has 1 amide bonds. The maximum atomic E-state index is 13.9. The van der Waals surface area contributed by atoms with E-state index >= 15 is 0 Å². The Hall–Kier alpha value is -2.96. The van der Waals surface area contributed by atoms with Crippen LogP contribution in [0.3, 0.4) is 0 Å². The summed E-state index contributed by atoms with van der Waals surface area (Å²) in [5, 5.41) is 0. The third kappa shape index (κ3) is 5.49. The molecular weight excluding hydrogens is 504 g/mol. The van der Waals surface area contributed by atoms with E-state index < -0.39 is 73.7 Å². The van der Waals surface area contributed by atoms with E-state index in [1.54, 1.807) is 0 Å².